The zero-order valence-electron chi connectivity index (χ0n) is 15.5. The van der Waals surface area contributed by atoms with Crippen molar-refractivity contribution in [3.63, 3.8) is 0 Å². The molecule has 0 aromatic rings. The largest absolute Gasteiger partial charge is 1.00 e. The van der Waals surface area contributed by atoms with Gasteiger partial charge in [-0.1, -0.05) is 58.3 Å². The fourth-order valence-electron chi connectivity index (χ4n) is 2.66. The monoisotopic (exact) mass is 337 g/mol. The van der Waals surface area contributed by atoms with Crippen molar-refractivity contribution in [2.45, 2.75) is 84.3 Å². The maximum Gasteiger partial charge on any atom is 0.192 e. The summed E-state index contributed by atoms with van der Waals surface area (Å²) in [5.74, 6) is 0. The lowest BCUT2D eigenvalue weighted by atomic mass is 10.1. The van der Waals surface area contributed by atoms with Gasteiger partial charge in [0.05, 0.1) is 33.9 Å². The quantitative estimate of drug-likeness (QED) is 0.278. The van der Waals surface area contributed by atoms with Crippen molar-refractivity contribution in [2.75, 3.05) is 33.9 Å². The van der Waals surface area contributed by atoms with E-state index in [0.29, 0.717) is 6.61 Å². The van der Waals surface area contributed by atoms with Gasteiger partial charge in [-0.25, -0.2) is 0 Å². The van der Waals surface area contributed by atoms with Crippen molar-refractivity contribution >= 4 is 0 Å². The maximum absolute atomic E-state index is 8.95. The van der Waals surface area contributed by atoms with E-state index < -0.39 is 0 Å². The molecule has 1 atom stereocenters. The van der Waals surface area contributed by atoms with Gasteiger partial charge in [-0.15, -0.1) is 0 Å². The average Bonchev–Trinajstić information content (AvgIpc) is 2.48. The van der Waals surface area contributed by atoms with Crippen LogP contribution in [0.15, 0.2) is 0 Å². The van der Waals surface area contributed by atoms with Crippen LogP contribution in [0.25, 0.3) is 0 Å². The van der Waals surface area contributed by atoms with Crippen LogP contribution in [0.4, 0.5) is 0 Å². The Bertz CT molecular complexity index is 225. The Labute approximate surface area is 145 Å². The van der Waals surface area contributed by atoms with E-state index in [-0.39, 0.29) is 25.2 Å². The van der Waals surface area contributed by atoms with E-state index in [2.05, 4.69) is 27.9 Å². The first-order chi connectivity index (χ1) is 10.1. The maximum atomic E-state index is 8.95. The van der Waals surface area contributed by atoms with Crippen LogP contribution in [0.2, 0.25) is 0 Å². The Hall–Kier alpha value is 0.170. The number of aliphatic hydroxyl groups excluding tert-OH is 1. The molecular formula is C18H40ClNO2. The van der Waals surface area contributed by atoms with Gasteiger partial charge >= 0.3 is 0 Å². The van der Waals surface area contributed by atoms with Crippen molar-refractivity contribution in [3.05, 3.63) is 0 Å². The molecule has 136 valence electrons. The molecule has 1 unspecified atom stereocenters. The van der Waals surface area contributed by atoms with Gasteiger partial charge in [0, 0.05) is 6.42 Å². The minimum atomic E-state index is 0. The normalized spacial score (nSPS) is 13.0. The summed E-state index contributed by atoms with van der Waals surface area (Å²) in [7, 11) is 4.44. The number of quaternary nitrogens is 1. The third kappa shape index (κ3) is 12.7. The molecule has 0 fully saturated rings. The molecule has 0 aromatic carbocycles. The fourth-order valence-corrected chi connectivity index (χ4v) is 2.66. The molecule has 4 heteroatoms. The summed E-state index contributed by atoms with van der Waals surface area (Å²) in [5.41, 5.74) is 0. The van der Waals surface area contributed by atoms with E-state index in [1.807, 2.05) is 0 Å². The fraction of sp³-hybridized carbons (Fsp3) is 1.00. The molecule has 0 spiro atoms. The molecule has 3 nitrogen and oxygen atoms in total. The van der Waals surface area contributed by atoms with Gasteiger partial charge in [0.1, 0.15) is 0 Å². The molecule has 0 bridgehead atoms. The number of hydrogen-bond acceptors (Lipinski definition) is 2. The first kappa shape index (κ1) is 24.4. The molecular weight excluding hydrogens is 298 g/mol. The van der Waals surface area contributed by atoms with E-state index in [4.69, 9.17) is 9.84 Å². The number of ether oxygens (including phenoxy) is 1. The van der Waals surface area contributed by atoms with Crippen molar-refractivity contribution in [1.82, 2.24) is 0 Å². The Balaban J connectivity index is 0. The molecule has 0 aromatic heterocycles. The molecule has 0 heterocycles. The Morgan fingerprint density at radius 1 is 0.864 bits per heavy atom. The average molecular weight is 338 g/mol. The number of hydrogen-bond donors (Lipinski definition) is 1. The van der Waals surface area contributed by atoms with Crippen LogP contribution in [0.3, 0.4) is 0 Å². The van der Waals surface area contributed by atoms with Gasteiger partial charge in [-0.3, -0.25) is 0 Å². The lowest BCUT2D eigenvalue weighted by Crippen LogP contribution is -3.00. The summed E-state index contributed by atoms with van der Waals surface area (Å²) in [5, 5.41) is 8.95. The predicted molar refractivity (Wildman–Crippen MR) is 91.3 cm³/mol. The molecule has 1 N–H and O–H groups in total. The van der Waals surface area contributed by atoms with Crippen LogP contribution in [0.1, 0.15) is 78.1 Å². The topological polar surface area (TPSA) is 29.5 Å². The van der Waals surface area contributed by atoms with Crippen LogP contribution in [0, 0.1) is 0 Å². The first-order valence-corrected chi connectivity index (χ1v) is 9.13. The first-order valence-electron chi connectivity index (χ1n) is 9.13. The number of rotatable bonds is 15. The highest BCUT2D eigenvalue weighted by Crippen LogP contribution is 2.17. The SMILES string of the molecule is CCCCCCCCCCCC(OCCO)[N+](C)(C)CC.[Cl-]. The van der Waals surface area contributed by atoms with Crippen LogP contribution in [-0.2, 0) is 4.74 Å². The summed E-state index contributed by atoms with van der Waals surface area (Å²) in [4.78, 5) is 0. The van der Waals surface area contributed by atoms with E-state index in [1.54, 1.807) is 0 Å². The van der Waals surface area contributed by atoms with Gasteiger partial charge in [-0.05, 0) is 13.3 Å². The number of aliphatic hydroxyl groups is 1. The lowest BCUT2D eigenvalue weighted by Gasteiger charge is -2.36. The van der Waals surface area contributed by atoms with Crippen LogP contribution in [0.5, 0.6) is 0 Å². The number of nitrogens with zero attached hydrogens (tertiary/aromatic N) is 1. The van der Waals surface area contributed by atoms with E-state index in [0.717, 1.165) is 17.4 Å². The van der Waals surface area contributed by atoms with Gasteiger partial charge in [-0.2, -0.15) is 0 Å². The second-order valence-corrected chi connectivity index (χ2v) is 6.76. The summed E-state index contributed by atoms with van der Waals surface area (Å²) in [6.07, 6.45) is 13.6. The molecule has 0 radical (unpaired) electrons. The van der Waals surface area contributed by atoms with E-state index >= 15 is 0 Å². The second kappa shape index (κ2) is 16.0. The van der Waals surface area contributed by atoms with E-state index in [1.165, 1.54) is 57.8 Å². The third-order valence-corrected chi connectivity index (χ3v) is 4.55. The van der Waals surface area contributed by atoms with Gasteiger partial charge in [0.15, 0.2) is 6.23 Å². The number of unbranched alkanes of at least 4 members (excludes halogenated alkanes) is 8. The molecule has 0 aliphatic heterocycles. The van der Waals surface area contributed by atoms with Gasteiger partial charge in [0.25, 0.3) is 0 Å². The minimum Gasteiger partial charge on any atom is -1.00 e. The van der Waals surface area contributed by atoms with Crippen LogP contribution < -0.4 is 12.4 Å². The molecule has 0 aliphatic carbocycles. The molecule has 0 amide bonds. The molecule has 0 saturated heterocycles. The van der Waals surface area contributed by atoms with Crippen molar-refractivity contribution < 1.29 is 26.7 Å². The van der Waals surface area contributed by atoms with Gasteiger partial charge in [0.2, 0.25) is 0 Å². The molecule has 0 saturated carbocycles. The molecule has 22 heavy (non-hydrogen) atoms. The van der Waals surface area contributed by atoms with Crippen molar-refractivity contribution in [1.29, 1.82) is 0 Å². The smallest absolute Gasteiger partial charge is 0.192 e. The Morgan fingerprint density at radius 2 is 1.36 bits per heavy atom. The zero-order chi connectivity index (χ0) is 16.0. The minimum absolute atomic E-state index is 0. The molecule has 0 aliphatic rings. The third-order valence-electron chi connectivity index (χ3n) is 4.55. The lowest BCUT2D eigenvalue weighted by molar-refractivity contribution is -0.936. The van der Waals surface area contributed by atoms with Crippen LogP contribution in [-0.4, -0.2) is 49.7 Å². The highest BCUT2D eigenvalue weighted by atomic mass is 35.5. The van der Waals surface area contributed by atoms with Crippen LogP contribution >= 0.6 is 0 Å². The number of halogens is 1. The van der Waals surface area contributed by atoms with E-state index in [9.17, 15) is 0 Å². The highest BCUT2D eigenvalue weighted by Gasteiger charge is 2.26. The summed E-state index contributed by atoms with van der Waals surface area (Å²) < 4.78 is 6.73. The zero-order valence-corrected chi connectivity index (χ0v) is 16.2. The predicted octanol–water partition coefficient (Wildman–Crippen LogP) is 1.34. The summed E-state index contributed by atoms with van der Waals surface area (Å²) in [6, 6.07) is 0. The summed E-state index contributed by atoms with van der Waals surface area (Å²) in [6.45, 7) is 6.12. The standard InChI is InChI=1S/C18H40NO2.ClH/c1-5-7-8-9-10-11-12-13-14-15-18(21-17-16-20)19(3,4)6-2;/h18,20H,5-17H2,1-4H3;1H/q+1;/p-1. The summed E-state index contributed by atoms with van der Waals surface area (Å²) >= 11 is 0. The van der Waals surface area contributed by atoms with Crippen molar-refractivity contribution in [2.24, 2.45) is 0 Å². The highest BCUT2D eigenvalue weighted by molar-refractivity contribution is 4.51. The van der Waals surface area contributed by atoms with Crippen molar-refractivity contribution in [3.8, 4) is 0 Å². The van der Waals surface area contributed by atoms with Gasteiger partial charge < -0.3 is 26.7 Å². The Kier molecular flexibility index (Phi) is 17.8. The second-order valence-electron chi connectivity index (χ2n) is 6.76. The molecule has 0 rings (SSSR count). The Morgan fingerprint density at radius 3 is 1.82 bits per heavy atom.